The molecule has 3 N–H and O–H groups in total. The molecule has 0 spiro atoms. The molecular weight excluding hydrogens is 162 g/mol. The van der Waals surface area contributed by atoms with Gasteiger partial charge in [-0.2, -0.15) is 0 Å². The molecule has 0 atom stereocenters. The predicted octanol–water partition coefficient (Wildman–Crippen LogP) is 1.41. The SMILES string of the molecule is C#CCCNc1nccc(C)c1N. The Morgan fingerprint density at radius 3 is 3.15 bits per heavy atom. The number of nitrogens with zero attached hydrogens (tertiary/aromatic N) is 1. The molecule has 1 aromatic rings. The number of aryl methyl sites for hydroxylation is 1. The molecule has 0 saturated carbocycles. The summed E-state index contributed by atoms with van der Waals surface area (Å²) in [6, 6.07) is 1.88. The quantitative estimate of drug-likeness (QED) is 0.539. The minimum Gasteiger partial charge on any atom is -0.396 e. The van der Waals surface area contributed by atoms with Gasteiger partial charge in [0, 0.05) is 19.2 Å². The molecule has 1 heterocycles. The molecule has 1 rings (SSSR count). The molecule has 0 amide bonds. The van der Waals surface area contributed by atoms with E-state index in [-0.39, 0.29) is 0 Å². The van der Waals surface area contributed by atoms with Gasteiger partial charge in [0.25, 0.3) is 0 Å². The molecule has 0 aliphatic heterocycles. The molecule has 3 heteroatoms. The van der Waals surface area contributed by atoms with E-state index in [9.17, 15) is 0 Å². The number of nitrogen functional groups attached to an aromatic ring is 1. The van der Waals surface area contributed by atoms with Gasteiger partial charge < -0.3 is 11.1 Å². The standard InChI is InChI=1S/C10H13N3/c1-3-4-6-12-10-9(11)8(2)5-7-13-10/h1,5,7H,4,6,11H2,2H3,(H,12,13). The summed E-state index contributed by atoms with van der Waals surface area (Å²) in [5.74, 6) is 3.26. The van der Waals surface area contributed by atoms with Gasteiger partial charge in [-0.25, -0.2) is 4.98 Å². The Morgan fingerprint density at radius 1 is 1.69 bits per heavy atom. The van der Waals surface area contributed by atoms with Gasteiger partial charge in [0.05, 0.1) is 5.69 Å². The van der Waals surface area contributed by atoms with Crippen LogP contribution in [0.1, 0.15) is 12.0 Å². The van der Waals surface area contributed by atoms with Gasteiger partial charge in [-0.1, -0.05) is 0 Å². The third-order valence-corrected chi connectivity index (χ3v) is 1.77. The number of rotatable bonds is 3. The molecular formula is C10H13N3. The lowest BCUT2D eigenvalue weighted by molar-refractivity contribution is 1.07. The number of aromatic nitrogens is 1. The lowest BCUT2D eigenvalue weighted by Crippen LogP contribution is -2.06. The zero-order chi connectivity index (χ0) is 9.68. The van der Waals surface area contributed by atoms with Gasteiger partial charge in [0.2, 0.25) is 0 Å². The second-order valence-corrected chi connectivity index (χ2v) is 2.77. The minimum atomic E-state index is 0.676. The van der Waals surface area contributed by atoms with E-state index in [2.05, 4.69) is 16.2 Å². The van der Waals surface area contributed by atoms with E-state index in [4.69, 9.17) is 12.2 Å². The van der Waals surface area contributed by atoms with E-state index in [1.54, 1.807) is 6.20 Å². The van der Waals surface area contributed by atoms with Crippen molar-refractivity contribution in [3.05, 3.63) is 17.8 Å². The maximum absolute atomic E-state index is 5.79. The first-order valence-electron chi connectivity index (χ1n) is 4.14. The number of nitrogens with two attached hydrogens (primary N) is 1. The molecule has 68 valence electrons. The molecule has 1 aromatic heterocycles. The summed E-state index contributed by atoms with van der Waals surface area (Å²) in [6.45, 7) is 2.65. The molecule has 0 aromatic carbocycles. The fraction of sp³-hybridized carbons (Fsp3) is 0.300. The third kappa shape index (κ3) is 2.38. The molecule has 0 fully saturated rings. The van der Waals surface area contributed by atoms with E-state index in [0.29, 0.717) is 18.7 Å². The number of hydrogen-bond acceptors (Lipinski definition) is 3. The smallest absolute Gasteiger partial charge is 0.149 e. The Balaban J connectivity index is 2.67. The van der Waals surface area contributed by atoms with Crippen LogP contribution < -0.4 is 11.1 Å². The summed E-state index contributed by atoms with van der Waals surface area (Å²) in [6.07, 6.45) is 7.52. The largest absolute Gasteiger partial charge is 0.396 e. The fourth-order valence-electron chi connectivity index (χ4n) is 0.964. The summed E-state index contributed by atoms with van der Waals surface area (Å²) >= 11 is 0. The summed E-state index contributed by atoms with van der Waals surface area (Å²) < 4.78 is 0. The van der Waals surface area contributed by atoms with Gasteiger partial charge in [0.15, 0.2) is 0 Å². The van der Waals surface area contributed by atoms with Crippen molar-refractivity contribution in [2.75, 3.05) is 17.6 Å². The number of nitrogens with one attached hydrogen (secondary N) is 1. The monoisotopic (exact) mass is 175 g/mol. The van der Waals surface area contributed by atoms with Crippen LogP contribution in [-0.2, 0) is 0 Å². The van der Waals surface area contributed by atoms with Crippen molar-refractivity contribution >= 4 is 11.5 Å². The van der Waals surface area contributed by atoms with Gasteiger partial charge in [-0.05, 0) is 18.6 Å². The molecule has 0 saturated heterocycles. The summed E-state index contributed by atoms with van der Waals surface area (Å²) in [5, 5.41) is 3.08. The first kappa shape index (κ1) is 9.40. The van der Waals surface area contributed by atoms with Crippen LogP contribution in [0.4, 0.5) is 11.5 Å². The molecule has 0 aliphatic rings. The van der Waals surface area contributed by atoms with Gasteiger partial charge >= 0.3 is 0 Å². The van der Waals surface area contributed by atoms with Crippen LogP contribution in [0, 0.1) is 19.3 Å². The van der Waals surface area contributed by atoms with Crippen LogP contribution in [0.2, 0.25) is 0 Å². The highest BCUT2D eigenvalue weighted by atomic mass is 15.0. The Labute approximate surface area is 78.4 Å². The zero-order valence-electron chi connectivity index (χ0n) is 7.67. The van der Waals surface area contributed by atoms with Gasteiger partial charge in [-0.3, -0.25) is 0 Å². The van der Waals surface area contributed by atoms with Crippen molar-refractivity contribution in [2.24, 2.45) is 0 Å². The second-order valence-electron chi connectivity index (χ2n) is 2.77. The molecule has 0 aliphatic carbocycles. The van der Waals surface area contributed by atoms with Crippen LogP contribution in [0.5, 0.6) is 0 Å². The van der Waals surface area contributed by atoms with E-state index < -0.39 is 0 Å². The molecule has 3 nitrogen and oxygen atoms in total. The molecule has 0 unspecified atom stereocenters. The lowest BCUT2D eigenvalue weighted by Gasteiger charge is -2.07. The van der Waals surface area contributed by atoms with Crippen LogP contribution in [-0.4, -0.2) is 11.5 Å². The van der Waals surface area contributed by atoms with Crippen molar-refractivity contribution in [3.63, 3.8) is 0 Å². The average Bonchev–Trinajstić information content (AvgIpc) is 2.13. The highest BCUT2D eigenvalue weighted by Crippen LogP contribution is 2.18. The van der Waals surface area contributed by atoms with Gasteiger partial charge in [0.1, 0.15) is 5.82 Å². The Hall–Kier alpha value is -1.69. The molecule has 0 radical (unpaired) electrons. The summed E-state index contributed by atoms with van der Waals surface area (Å²) in [4.78, 5) is 4.11. The zero-order valence-corrected chi connectivity index (χ0v) is 7.67. The van der Waals surface area contributed by atoms with Crippen LogP contribution in [0.25, 0.3) is 0 Å². The first-order valence-corrected chi connectivity index (χ1v) is 4.14. The van der Waals surface area contributed by atoms with E-state index >= 15 is 0 Å². The fourth-order valence-corrected chi connectivity index (χ4v) is 0.964. The maximum atomic E-state index is 5.79. The highest BCUT2D eigenvalue weighted by molar-refractivity contribution is 5.64. The van der Waals surface area contributed by atoms with Crippen molar-refractivity contribution < 1.29 is 0 Å². The van der Waals surface area contributed by atoms with Crippen molar-refractivity contribution in [1.82, 2.24) is 4.98 Å². The second kappa shape index (κ2) is 4.36. The topological polar surface area (TPSA) is 50.9 Å². The summed E-state index contributed by atoms with van der Waals surface area (Å²) in [5.41, 5.74) is 7.51. The predicted molar refractivity (Wildman–Crippen MR) is 55.3 cm³/mol. The molecule has 0 bridgehead atoms. The number of anilines is 2. The van der Waals surface area contributed by atoms with E-state index in [1.807, 2.05) is 13.0 Å². The summed E-state index contributed by atoms with van der Waals surface area (Å²) in [7, 11) is 0. The molecule has 13 heavy (non-hydrogen) atoms. The Morgan fingerprint density at radius 2 is 2.46 bits per heavy atom. The van der Waals surface area contributed by atoms with E-state index in [0.717, 1.165) is 11.4 Å². The highest BCUT2D eigenvalue weighted by Gasteiger charge is 2.00. The normalized spacial score (nSPS) is 9.23. The lowest BCUT2D eigenvalue weighted by atomic mass is 10.2. The van der Waals surface area contributed by atoms with Crippen LogP contribution in [0.3, 0.4) is 0 Å². The van der Waals surface area contributed by atoms with Crippen molar-refractivity contribution in [3.8, 4) is 12.3 Å². The van der Waals surface area contributed by atoms with Gasteiger partial charge in [-0.15, -0.1) is 12.3 Å². The van der Waals surface area contributed by atoms with E-state index in [1.165, 1.54) is 0 Å². The first-order chi connectivity index (χ1) is 6.25. The average molecular weight is 175 g/mol. The van der Waals surface area contributed by atoms with Crippen molar-refractivity contribution in [1.29, 1.82) is 0 Å². The van der Waals surface area contributed by atoms with Crippen LogP contribution >= 0.6 is 0 Å². The van der Waals surface area contributed by atoms with Crippen LogP contribution in [0.15, 0.2) is 12.3 Å². The van der Waals surface area contributed by atoms with Crippen molar-refractivity contribution in [2.45, 2.75) is 13.3 Å². The maximum Gasteiger partial charge on any atom is 0.149 e. The Kier molecular flexibility index (Phi) is 3.15. The third-order valence-electron chi connectivity index (χ3n) is 1.77. The number of hydrogen-bond donors (Lipinski definition) is 2. The number of terminal acetylenes is 1. The Bertz CT molecular complexity index is 325. The minimum absolute atomic E-state index is 0.676. The number of pyridine rings is 1.